The molecule has 0 aromatic heterocycles. The Morgan fingerprint density at radius 3 is 2.60 bits per heavy atom. The maximum Gasteiger partial charge on any atom is 0.164 e. The van der Waals surface area contributed by atoms with Crippen molar-refractivity contribution in [1.82, 2.24) is 0 Å². The van der Waals surface area contributed by atoms with Gasteiger partial charge in [0.2, 0.25) is 0 Å². The first-order valence-corrected chi connectivity index (χ1v) is 5.32. The van der Waals surface area contributed by atoms with Gasteiger partial charge in [-0.3, -0.25) is 4.79 Å². The van der Waals surface area contributed by atoms with Gasteiger partial charge in [-0.25, -0.2) is 0 Å². The molecule has 2 atom stereocenters. The number of benzene rings is 1. The average Bonchev–Trinajstić information content (AvgIpc) is 2.58. The summed E-state index contributed by atoms with van der Waals surface area (Å²) >= 11 is 0. The highest BCUT2D eigenvalue weighted by molar-refractivity contribution is 5.90. The van der Waals surface area contributed by atoms with Crippen molar-refractivity contribution in [1.29, 1.82) is 0 Å². The van der Waals surface area contributed by atoms with E-state index in [2.05, 4.69) is 12.1 Å². The highest BCUT2D eigenvalue weighted by Crippen LogP contribution is 2.42. The minimum absolute atomic E-state index is 0.205. The van der Waals surface area contributed by atoms with E-state index in [4.69, 9.17) is 4.74 Å². The molecule has 0 amide bonds. The fraction of sp³-hybridized carbons (Fsp3) is 0.462. The maximum absolute atomic E-state index is 11.8. The van der Waals surface area contributed by atoms with Crippen LogP contribution in [0.3, 0.4) is 0 Å². The predicted octanol–water partition coefficient (Wildman–Crippen LogP) is 2.54. The summed E-state index contributed by atoms with van der Waals surface area (Å²) in [6.07, 6.45) is 1.52. The molecule has 15 heavy (non-hydrogen) atoms. The zero-order valence-corrected chi connectivity index (χ0v) is 9.19. The SMILES string of the molecule is CO[C@@]1(C)C(=O)CC[C@@H]1c1ccccc1. The number of carbonyl (C=O) groups is 1. The molecule has 0 bridgehead atoms. The van der Waals surface area contributed by atoms with Crippen molar-refractivity contribution < 1.29 is 9.53 Å². The minimum atomic E-state index is -0.624. The number of Topliss-reactive ketones (excluding diaryl/α,β-unsaturated/α-hetero) is 1. The molecule has 2 rings (SSSR count). The number of carbonyl (C=O) groups excluding carboxylic acids is 1. The molecule has 2 heteroatoms. The van der Waals surface area contributed by atoms with Crippen LogP contribution < -0.4 is 0 Å². The summed E-state index contributed by atoms with van der Waals surface area (Å²) in [7, 11) is 1.62. The number of hydrogen-bond acceptors (Lipinski definition) is 2. The molecule has 0 unspecified atom stereocenters. The van der Waals surface area contributed by atoms with Crippen molar-refractivity contribution in [2.24, 2.45) is 0 Å². The Hall–Kier alpha value is -1.15. The zero-order chi connectivity index (χ0) is 10.9. The number of rotatable bonds is 2. The molecule has 1 saturated carbocycles. The van der Waals surface area contributed by atoms with Gasteiger partial charge in [0.05, 0.1) is 0 Å². The van der Waals surface area contributed by atoms with Crippen LogP contribution in [-0.2, 0) is 9.53 Å². The van der Waals surface area contributed by atoms with Gasteiger partial charge in [0, 0.05) is 19.4 Å². The van der Waals surface area contributed by atoms with Crippen molar-refractivity contribution in [3.8, 4) is 0 Å². The van der Waals surface area contributed by atoms with Gasteiger partial charge >= 0.3 is 0 Å². The number of ether oxygens (including phenoxy) is 1. The Morgan fingerprint density at radius 1 is 1.33 bits per heavy atom. The van der Waals surface area contributed by atoms with E-state index in [0.29, 0.717) is 6.42 Å². The standard InChI is InChI=1S/C13H16O2/c1-13(15-2)11(8-9-12(13)14)10-6-4-3-5-7-10/h3-7,11H,8-9H2,1-2H3/t11-,13-/m1/s1. The fourth-order valence-corrected chi connectivity index (χ4v) is 2.42. The lowest BCUT2D eigenvalue weighted by Gasteiger charge is -2.28. The van der Waals surface area contributed by atoms with Crippen molar-refractivity contribution in [3.63, 3.8) is 0 Å². The molecule has 1 aromatic carbocycles. The molecule has 0 heterocycles. The minimum Gasteiger partial charge on any atom is -0.370 e. The van der Waals surface area contributed by atoms with Gasteiger partial charge in [-0.1, -0.05) is 30.3 Å². The Kier molecular flexibility index (Phi) is 2.61. The molecule has 1 aromatic rings. The second-order valence-electron chi connectivity index (χ2n) is 4.24. The lowest BCUT2D eigenvalue weighted by Crippen LogP contribution is -2.37. The smallest absolute Gasteiger partial charge is 0.164 e. The Labute approximate surface area is 90.3 Å². The second-order valence-corrected chi connectivity index (χ2v) is 4.24. The zero-order valence-electron chi connectivity index (χ0n) is 9.19. The van der Waals surface area contributed by atoms with Crippen molar-refractivity contribution in [2.45, 2.75) is 31.3 Å². The molecule has 1 fully saturated rings. The van der Waals surface area contributed by atoms with Gasteiger partial charge in [-0.2, -0.15) is 0 Å². The van der Waals surface area contributed by atoms with E-state index in [1.165, 1.54) is 5.56 Å². The summed E-state index contributed by atoms with van der Waals surface area (Å²) in [5.41, 5.74) is 0.578. The normalized spacial score (nSPS) is 30.8. The van der Waals surface area contributed by atoms with Crippen molar-refractivity contribution in [3.05, 3.63) is 35.9 Å². The quantitative estimate of drug-likeness (QED) is 0.740. The number of methoxy groups -OCH3 is 1. The Morgan fingerprint density at radius 2 is 2.00 bits per heavy atom. The van der Waals surface area contributed by atoms with Crippen molar-refractivity contribution in [2.75, 3.05) is 7.11 Å². The third-order valence-corrected chi connectivity index (χ3v) is 3.50. The van der Waals surface area contributed by atoms with E-state index in [-0.39, 0.29) is 11.7 Å². The summed E-state index contributed by atoms with van der Waals surface area (Å²) in [6.45, 7) is 1.90. The topological polar surface area (TPSA) is 26.3 Å². The maximum atomic E-state index is 11.8. The van der Waals surface area contributed by atoms with Crippen LogP contribution in [0.1, 0.15) is 31.2 Å². The first-order valence-electron chi connectivity index (χ1n) is 5.32. The molecule has 0 spiro atoms. The molecule has 80 valence electrons. The summed E-state index contributed by atoms with van der Waals surface area (Å²) in [6, 6.07) is 10.1. The fourth-order valence-electron chi connectivity index (χ4n) is 2.42. The van der Waals surface area contributed by atoms with Crippen molar-refractivity contribution >= 4 is 5.78 Å². The second kappa shape index (κ2) is 3.78. The molecule has 2 nitrogen and oxygen atoms in total. The van der Waals surface area contributed by atoms with Gasteiger partial charge in [-0.05, 0) is 18.9 Å². The highest BCUT2D eigenvalue weighted by Gasteiger charge is 2.46. The largest absolute Gasteiger partial charge is 0.370 e. The molecular weight excluding hydrogens is 188 g/mol. The van der Waals surface area contributed by atoms with Crippen LogP contribution in [0.4, 0.5) is 0 Å². The summed E-state index contributed by atoms with van der Waals surface area (Å²) in [5.74, 6) is 0.426. The Balaban J connectivity index is 2.35. The molecule has 0 N–H and O–H groups in total. The monoisotopic (exact) mass is 204 g/mol. The molecule has 0 aliphatic heterocycles. The van der Waals surface area contributed by atoms with Gasteiger partial charge in [-0.15, -0.1) is 0 Å². The van der Waals surface area contributed by atoms with E-state index in [9.17, 15) is 4.79 Å². The van der Waals surface area contributed by atoms with E-state index < -0.39 is 5.60 Å². The number of hydrogen-bond donors (Lipinski definition) is 0. The molecule has 1 aliphatic carbocycles. The van der Waals surface area contributed by atoms with E-state index in [0.717, 1.165) is 6.42 Å². The van der Waals surface area contributed by atoms with Gasteiger partial charge in [0.25, 0.3) is 0 Å². The summed E-state index contributed by atoms with van der Waals surface area (Å²) in [4.78, 5) is 11.8. The lowest BCUT2D eigenvalue weighted by molar-refractivity contribution is -0.136. The van der Waals surface area contributed by atoms with E-state index in [1.807, 2.05) is 25.1 Å². The van der Waals surface area contributed by atoms with Crippen LogP contribution in [-0.4, -0.2) is 18.5 Å². The molecule has 0 radical (unpaired) electrons. The summed E-state index contributed by atoms with van der Waals surface area (Å²) < 4.78 is 5.43. The summed E-state index contributed by atoms with van der Waals surface area (Å²) in [5, 5.41) is 0. The van der Waals surface area contributed by atoms with Crippen LogP contribution in [0.2, 0.25) is 0 Å². The highest BCUT2D eigenvalue weighted by atomic mass is 16.5. The van der Waals surface area contributed by atoms with E-state index in [1.54, 1.807) is 7.11 Å². The number of ketones is 1. The van der Waals surface area contributed by atoms with Gasteiger partial charge in [0.15, 0.2) is 5.78 Å². The lowest BCUT2D eigenvalue weighted by atomic mass is 9.86. The Bertz CT molecular complexity index is 358. The third kappa shape index (κ3) is 1.59. The molecule has 1 aliphatic rings. The molecule has 0 saturated heterocycles. The van der Waals surface area contributed by atoms with Crippen LogP contribution in [0.15, 0.2) is 30.3 Å². The van der Waals surface area contributed by atoms with Crippen LogP contribution in [0.5, 0.6) is 0 Å². The van der Waals surface area contributed by atoms with Crippen LogP contribution >= 0.6 is 0 Å². The van der Waals surface area contributed by atoms with E-state index >= 15 is 0 Å². The van der Waals surface area contributed by atoms with Gasteiger partial charge in [0.1, 0.15) is 5.60 Å². The third-order valence-electron chi connectivity index (χ3n) is 3.50. The average molecular weight is 204 g/mol. The first kappa shape index (κ1) is 10.4. The van der Waals surface area contributed by atoms with Crippen LogP contribution in [0, 0.1) is 0 Å². The predicted molar refractivity (Wildman–Crippen MR) is 58.8 cm³/mol. The first-order chi connectivity index (χ1) is 7.18. The van der Waals surface area contributed by atoms with Gasteiger partial charge < -0.3 is 4.74 Å². The molecular formula is C13H16O2. The van der Waals surface area contributed by atoms with Crippen LogP contribution in [0.25, 0.3) is 0 Å².